The normalized spacial score (nSPS) is 11.4. The number of amides is 1. The Labute approximate surface area is 158 Å². The molecule has 2 heterocycles. The number of benzene rings is 2. The Morgan fingerprint density at radius 3 is 2.59 bits per heavy atom. The van der Waals surface area contributed by atoms with Gasteiger partial charge in [0, 0.05) is 40.4 Å². The summed E-state index contributed by atoms with van der Waals surface area (Å²) in [4.78, 5) is 20.7. The van der Waals surface area contributed by atoms with Gasteiger partial charge in [0.1, 0.15) is 5.69 Å². The van der Waals surface area contributed by atoms with Crippen LogP contribution < -0.4 is 5.32 Å². The van der Waals surface area contributed by atoms with Gasteiger partial charge in [0.05, 0.1) is 11.7 Å². The fourth-order valence-electron chi connectivity index (χ4n) is 3.86. The SMILES string of the molecule is Cc1cc2c(c(C)c1NC(=O)c1cnccn1)c1ccccc1n2C(C)C. The van der Waals surface area contributed by atoms with Crippen LogP contribution in [0.15, 0.2) is 48.9 Å². The number of hydrogen-bond acceptors (Lipinski definition) is 3. The Bertz CT molecular complexity index is 1160. The summed E-state index contributed by atoms with van der Waals surface area (Å²) in [7, 11) is 0. The summed E-state index contributed by atoms with van der Waals surface area (Å²) in [5.41, 5.74) is 5.65. The molecule has 5 heteroatoms. The van der Waals surface area contributed by atoms with Crippen LogP contribution >= 0.6 is 0 Å². The lowest BCUT2D eigenvalue weighted by molar-refractivity contribution is 0.102. The summed E-state index contributed by atoms with van der Waals surface area (Å²) in [6, 6.07) is 10.9. The van der Waals surface area contributed by atoms with Crippen LogP contribution in [-0.2, 0) is 0 Å². The molecular weight excluding hydrogens is 336 g/mol. The lowest BCUT2D eigenvalue weighted by Crippen LogP contribution is -2.15. The number of para-hydroxylation sites is 1. The minimum absolute atomic E-state index is 0.249. The number of aromatic nitrogens is 3. The van der Waals surface area contributed by atoms with Crippen LogP contribution in [-0.4, -0.2) is 20.4 Å². The number of aryl methyl sites for hydroxylation is 2. The van der Waals surface area contributed by atoms with Crippen molar-refractivity contribution in [2.75, 3.05) is 5.32 Å². The third kappa shape index (κ3) is 2.76. The molecule has 2 aromatic heterocycles. The van der Waals surface area contributed by atoms with E-state index >= 15 is 0 Å². The van der Waals surface area contributed by atoms with Gasteiger partial charge in [0.25, 0.3) is 5.91 Å². The van der Waals surface area contributed by atoms with Gasteiger partial charge in [-0.15, -0.1) is 0 Å². The number of rotatable bonds is 3. The van der Waals surface area contributed by atoms with Crippen molar-refractivity contribution < 1.29 is 4.79 Å². The average molecular weight is 358 g/mol. The predicted molar refractivity (Wildman–Crippen MR) is 109 cm³/mol. The van der Waals surface area contributed by atoms with Crippen LogP contribution in [0.1, 0.15) is 41.5 Å². The Hall–Kier alpha value is -3.21. The first-order chi connectivity index (χ1) is 13.0. The molecule has 5 nitrogen and oxygen atoms in total. The van der Waals surface area contributed by atoms with Gasteiger partial charge in [-0.05, 0) is 51.0 Å². The minimum atomic E-state index is -0.249. The van der Waals surface area contributed by atoms with E-state index in [1.165, 1.54) is 34.2 Å². The predicted octanol–water partition coefficient (Wildman–Crippen LogP) is 5.03. The van der Waals surface area contributed by atoms with Crippen LogP contribution in [0.25, 0.3) is 21.8 Å². The zero-order valence-electron chi connectivity index (χ0n) is 15.9. The van der Waals surface area contributed by atoms with E-state index < -0.39 is 0 Å². The summed E-state index contributed by atoms with van der Waals surface area (Å²) < 4.78 is 2.36. The highest BCUT2D eigenvalue weighted by molar-refractivity contribution is 6.13. The van der Waals surface area contributed by atoms with E-state index in [0.29, 0.717) is 11.7 Å². The van der Waals surface area contributed by atoms with E-state index in [9.17, 15) is 4.79 Å². The molecule has 0 bridgehead atoms. The van der Waals surface area contributed by atoms with E-state index in [1.54, 1.807) is 6.20 Å². The number of nitrogens with one attached hydrogen (secondary N) is 1. The molecule has 1 N–H and O–H groups in total. The fraction of sp³-hybridized carbons (Fsp3) is 0.227. The maximum atomic E-state index is 12.6. The van der Waals surface area contributed by atoms with Crippen molar-refractivity contribution in [1.29, 1.82) is 0 Å². The molecule has 0 aliphatic carbocycles. The molecule has 0 aliphatic rings. The van der Waals surface area contributed by atoms with Gasteiger partial charge < -0.3 is 9.88 Å². The Kier molecular flexibility index (Phi) is 4.15. The van der Waals surface area contributed by atoms with Crippen molar-refractivity contribution in [1.82, 2.24) is 14.5 Å². The maximum absolute atomic E-state index is 12.6. The lowest BCUT2D eigenvalue weighted by atomic mass is 10.0. The van der Waals surface area contributed by atoms with Crippen LogP contribution in [0.5, 0.6) is 0 Å². The molecule has 0 saturated carbocycles. The highest BCUT2D eigenvalue weighted by Gasteiger charge is 2.19. The molecule has 0 aliphatic heterocycles. The standard InChI is InChI=1S/C22H22N4O/c1-13(2)26-18-8-6-5-7-16(18)20-15(4)21(14(3)11-19(20)26)25-22(27)17-12-23-9-10-24-17/h5-13H,1-4H3,(H,25,27). The third-order valence-electron chi connectivity index (χ3n) is 5.00. The molecule has 2 aromatic carbocycles. The topological polar surface area (TPSA) is 59.8 Å². The van der Waals surface area contributed by atoms with Crippen LogP contribution in [0, 0.1) is 13.8 Å². The molecular formula is C22H22N4O. The highest BCUT2D eigenvalue weighted by Crippen LogP contribution is 2.38. The Morgan fingerprint density at radius 1 is 1.11 bits per heavy atom. The molecule has 0 unspecified atom stereocenters. The summed E-state index contributed by atoms with van der Waals surface area (Å²) in [6.07, 6.45) is 4.55. The summed E-state index contributed by atoms with van der Waals surface area (Å²) in [5, 5.41) is 5.42. The van der Waals surface area contributed by atoms with Crippen LogP contribution in [0.3, 0.4) is 0 Å². The number of carbonyl (C=O) groups is 1. The minimum Gasteiger partial charge on any atom is -0.338 e. The molecule has 1 amide bonds. The van der Waals surface area contributed by atoms with Crippen molar-refractivity contribution in [3.05, 3.63) is 65.7 Å². The highest BCUT2D eigenvalue weighted by atomic mass is 16.1. The molecule has 0 spiro atoms. The van der Waals surface area contributed by atoms with Crippen molar-refractivity contribution in [3.8, 4) is 0 Å². The second-order valence-corrected chi connectivity index (χ2v) is 7.11. The monoisotopic (exact) mass is 358 g/mol. The van der Waals surface area contributed by atoms with E-state index in [4.69, 9.17) is 0 Å². The van der Waals surface area contributed by atoms with Crippen LogP contribution in [0.4, 0.5) is 5.69 Å². The van der Waals surface area contributed by atoms with E-state index in [2.05, 4.69) is 71.0 Å². The molecule has 0 fully saturated rings. The number of nitrogens with zero attached hydrogens (tertiary/aromatic N) is 3. The van der Waals surface area contributed by atoms with Crippen molar-refractivity contribution in [2.24, 2.45) is 0 Å². The van der Waals surface area contributed by atoms with Gasteiger partial charge in [-0.1, -0.05) is 18.2 Å². The summed E-state index contributed by atoms with van der Waals surface area (Å²) in [6.45, 7) is 8.49. The molecule has 27 heavy (non-hydrogen) atoms. The maximum Gasteiger partial charge on any atom is 0.275 e. The van der Waals surface area contributed by atoms with Gasteiger partial charge in [-0.2, -0.15) is 0 Å². The molecule has 0 radical (unpaired) electrons. The number of carbonyl (C=O) groups excluding carboxylic acids is 1. The number of anilines is 1. The zero-order valence-corrected chi connectivity index (χ0v) is 15.9. The van der Waals surface area contributed by atoms with E-state index in [0.717, 1.165) is 16.8 Å². The quantitative estimate of drug-likeness (QED) is 0.558. The first kappa shape index (κ1) is 17.2. The van der Waals surface area contributed by atoms with Crippen molar-refractivity contribution in [3.63, 3.8) is 0 Å². The van der Waals surface area contributed by atoms with Gasteiger partial charge in [-0.3, -0.25) is 9.78 Å². The van der Waals surface area contributed by atoms with Gasteiger partial charge in [0.2, 0.25) is 0 Å². The number of fused-ring (bicyclic) bond motifs is 3. The second kappa shape index (κ2) is 6.50. The molecule has 136 valence electrons. The summed E-state index contributed by atoms with van der Waals surface area (Å²) in [5.74, 6) is -0.249. The third-order valence-corrected chi connectivity index (χ3v) is 5.00. The number of hydrogen-bond donors (Lipinski definition) is 1. The first-order valence-corrected chi connectivity index (χ1v) is 9.09. The molecule has 4 aromatic rings. The summed E-state index contributed by atoms with van der Waals surface area (Å²) >= 11 is 0. The smallest absolute Gasteiger partial charge is 0.275 e. The van der Waals surface area contributed by atoms with Gasteiger partial charge >= 0.3 is 0 Å². The van der Waals surface area contributed by atoms with Gasteiger partial charge in [0.15, 0.2) is 0 Å². The molecule has 0 saturated heterocycles. The largest absolute Gasteiger partial charge is 0.338 e. The Balaban J connectivity index is 1.94. The zero-order chi connectivity index (χ0) is 19.1. The fourth-order valence-corrected chi connectivity index (χ4v) is 3.86. The van der Waals surface area contributed by atoms with Gasteiger partial charge in [-0.25, -0.2) is 4.98 Å². The Morgan fingerprint density at radius 2 is 1.89 bits per heavy atom. The molecule has 4 rings (SSSR count). The second-order valence-electron chi connectivity index (χ2n) is 7.11. The average Bonchev–Trinajstić information content (AvgIpc) is 2.99. The molecule has 0 atom stereocenters. The van der Waals surface area contributed by atoms with E-state index in [1.807, 2.05) is 6.92 Å². The van der Waals surface area contributed by atoms with Crippen molar-refractivity contribution in [2.45, 2.75) is 33.7 Å². The lowest BCUT2D eigenvalue weighted by Gasteiger charge is -2.15. The first-order valence-electron chi connectivity index (χ1n) is 9.09. The van der Waals surface area contributed by atoms with Crippen LogP contribution in [0.2, 0.25) is 0 Å². The van der Waals surface area contributed by atoms with Crippen molar-refractivity contribution >= 4 is 33.4 Å². The van der Waals surface area contributed by atoms with E-state index in [-0.39, 0.29) is 5.91 Å².